The van der Waals surface area contributed by atoms with Gasteiger partial charge in [0.05, 0.1) is 12.1 Å². The molecule has 7 heteroatoms. The largest absolute Gasteiger partial charge is 0.497 e. The summed E-state index contributed by atoms with van der Waals surface area (Å²) in [5, 5.41) is 1.20. The zero-order valence-corrected chi connectivity index (χ0v) is 14.2. The molecule has 3 rings (SSSR count). The first-order chi connectivity index (χ1) is 11.6. The van der Waals surface area contributed by atoms with E-state index in [0.29, 0.717) is 21.2 Å². The van der Waals surface area contributed by atoms with Crippen LogP contribution in [0.15, 0.2) is 48.5 Å². The van der Waals surface area contributed by atoms with Gasteiger partial charge in [0.25, 0.3) is 11.8 Å². The number of rotatable bonds is 3. The maximum atomic E-state index is 12.3. The number of amides is 2. The molecule has 1 aromatic heterocycles. The molecule has 0 aliphatic rings. The molecular formula is C17H13ClN2O3S. The zero-order chi connectivity index (χ0) is 17.1. The number of halogens is 1. The summed E-state index contributed by atoms with van der Waals surface area (Å²) in [7, 11) is 1.55. The third-order valence-corrected chi connectivity index (χ3v) is 5.06. The molecule has 0 unspecified atom stereocenters. The normalized spacial score (nSPS) is 10.4. The van der Waals surface area contributed by atoms with Crippen LogP contribution >= 0.6 is 22.9 Å². The van der Waals surface area contributed by atoms with E-state index < -0.39 is 11.8 Å². The van der Waals surface area contributed by atoms with Crippen molar-refractivity contribution in [2.45, 2.75) is 0 Å². The van der Waals surface area contributed by atoms with Gasteiger partial charge in [-0.1, -0.05) is 29.8 Å². The molecule has 122 valence electrons. The molecule has 2 N–H and O–H groups in total. The minimum Gasteiger partial charge on any atom is -0.497 e. The fourth-order valence-electron chi connectivity index (χ4n) is 2.14. The summed E-state index contributed by atoms with van der Waals surface area (Å²) in [5.41, 5.74) is 5.16. The fourth-order valence-corrected chi connectivity index (χ4v) is 3.56. The average Bonchev–Trinajstić information content (AvgIpc) is 2.96. The highest BCUT2D eigenvalue weighted by Gasteiger charge is 2.17. The van der Waals surface area contributed by atoms with Crippen LogP contribution < -0.4 is 15.6 Å². The van der Waals surface area contributed by atoms with E-state index in [-0.39, 0.29) is 0 Å². The van der Waals surface area contributed by atoms with Crippen LogP contribution in [0.25, 0.3) is 10.1 Å². The van der Waals surface area contributed by atoms with Crippen LogP contribution in [0.1, 0.15) is 20.0 Å². The second-order valence-corrected chi connectivity index (χ2v) is 6.31. The van der Waals surface area contributed by atoms with Crippen molar-refractivity contribution in [2.24, 2.45) is 0 Å². The van der Waals surface area contributed by atoms with Crippen molar-refractivity contribution in [1.29, 1.82) is 0 Å². The lowest BCUT2D eigenvalue weighted by Crippen LogP contribution is -2.41. The number of hydrazine groups is 1. The van der Waals surface area contributed by atoms with Gasteiger partial charge in [-0.05, 0) is 30.3 Å². The molecule has 1 heterocycles. The Balaban J connectivity index is 1.69. The number of fused-ring (bicyclic) bond motifs is 1. The van der Waals surface area contributed by atoms with Crippen molar-refractivity contribution in [3.63, 3.8) is 0 Å². The number of carbonyl (C=O) groups is 2. The van der Waals surface area contributed by atoms with Gasteiger partial charge in [0.15, 0.2) is 0 Å². The molecule has 0 saturated carbocycles. The van der Waals surface area contributed by atoms with E-state index in [1.165, 1.54) is 11.3 Å². The van der Waals surface area contributed by atoms with Gasteiger partial charge in [0.2, 0.25) is 0 Å². The molecule has 0 spiro atoms. The first-order valence-corrected chi connectivity index (χ1v) is 8.21. The van der Waals surface area contributed by atoms with Crippen LogP contribution in [-0.4, -0.2) is 18.9 Å². The Morgan fingerprint density at radius 2 is 1.67 bits per heavy atom. The highest BCUT2D eigenvalue weighted by Crippen LogP contribution is 2.34. The van der Waals surface area contributed by atoms with Crippen LogP contribution in [0.2, 0.25) is 5.02 Å². The standard InChI is InChI=1S/C17H13ClN2O3S/c1-23-11-8-6-10(7-9-11)16(21)19-20-17(22)15-14(18)12-4-2-3-5-13(12)24-15/h2-9H,1H3,(H,19,21)(H,20,22). The van der Waals surface area contributed by atoms with E-state index in [2.05, 4.69) is 10.9 Å². The van der Waals surface area contributed by atoms with Gasteiger partial charge in [0.1, 0.15) is 10.6 Å². The number of carbonyl (C=O) groups excluding carboxylic acids is 2. The first kappa shape index (κ1) is 16.3. The second kappa shape index (κ2) is 6.90. The van der Waals surface area contributed by atoms with E-state index in [1.807, 2.05) is 24.3 Å². The van der Waals surface area contributed by atoms with Crippen molar-refractivity contribution < 1.29 is 14.3 Å². The van der Waals surface area contributed by atoms with Gasteiger partial charge in [-0.2, -0.15) is 0 Å². The molecule has 24 heavy (non-hydrogen) atoms. The number of hydrogen-bond donors (Lipinski definition) is 2. The van der Waals surface area contributed by atoms with Crippen LogP contribution in [-0.2, 0) is 0 Å². The van der Waals surface area contributed by atoms with Crippen LogP contribution in [0, 0.1) is 0 Å². The minimum absolute atomic E-state index is 0.355. The highest BCUT2D eigenvalue weighted by atomic mass is 35.5. The van der Waals surface area contributed by atoms with Gasteiger partial charge in [0, 0.05) is 15.6 Å². The van der Waals surface area contributed by atoms with Gasteiger partial charge < -0.3 is 4.74 Å². The number of thiophene rings is 1. The molecule has 2 amide bonds. The van der Waals surface area contributed by atoms with Crippen LogP contribution in [0.3, 0.4) is 0 Å². The quantitative estimate of drug-likeness (QED) is 0.701. The highest BCUT2D eigenvalue weighted by molar-refractivity contribution is 7.21. The van der Waals surface area contributed by atoms with E-state index in [0.717, 1.165) is 10.1 Å². The molecule has 3 aromatic rings. The van der Waals surface area contributed by atoms with E-state index in [9.17, 15) is 9.59 Å². The van der Waals surface area contributed by atoms with Crippen molar-refractivity contribution in [3.05, 3.63) is 64.0 Å². The summed E-state index contributed by atoms with van der Waals surface area (Å²) < 4.78 is 5.94. The summed E-state index contributed by atoms with van der Waals surface area (Å²) in [6, 6.07) is 14.0. The lowest BCUT2D eigenvalue weighted by atomic mass is 10.2. The maximum absolute atomic E-state index is 12.3. The first-order valence-electron chi connectivity index (χ1n) is 7.02. The van der Waals surface area contributed by atoms with Gasteiger partial charge >= 0.3 is 0 Å². The van der Waals surface area contributed by atoms with Gasteiger partial charge in [-0.15, -0.1) is 11.3 Å². The Morgan fingerprint density at radius 1 is 1.00 bits per heavy atom. The van der Waals surface area contributed by atoms with Crippen LogP contribution in [0.4, 0.5) is 0 Å². The number of ether oxygens (including phenoxy) is 1. The maximum Gasteiger partial charge on any atom is 0.281 e. The Morgan fingerprint density at radius 3 is 2.33 bits per heavy atom. The fraction of sp³-hybridized carbons (Fsp3) is 0.0588. The molecular weight excluding hydrogens is 348 g/mol. The minimum atomic E-state index is -0.455. The second-order valence-electron chi connectivity index (χ2n) is 4.88. The molecule has 0 radical (unpaired) electrons. The predicted molar refractivity (Wildman–Crippen MR) is 94.8 cm³/mol. The third kappa shape index (κ3) is 3.20. The molecule has 0 bridgehead atoms. The van der Waals surface area contributed by atoms with E-state index in [4.69, 9.17) is 16.3 Å². The predicted octanol–water partition coefficient (Wildman–Crippen LogP) is 3.64. The molecule has 0 aliphatic carbocycles. The smallest absolute Gasteiger partial charge is 0.281 e. The molecule has 2 aromatic carbocycles. The molecule has 5 nitrogen and oxygen atoms in total. The van der Waals surface area contributed by atoms with Crippen molar-refractivity contribution in [3.8, 4) is 5.75 Å². The average molecular weight is 361 g/mol. The molecule has 0 aliphatic heterocycles. The third-order valence-electron chi connectivity index (χ3n) is 3.38. The number of hydrogen-bond acceptors (Lipinski definition) is 4. The van der Waals surface area contributed by atoms with Gasteiger partial charge in [-0.25, -0.2) is 0 Å². The number of benzene rings is 2. The molecule has 0 fully saturated rings. The Kier molecular flexibility index (Phi) is 4.69. The van der Waals surface area contributed by atoms with Gasteiger partial charge in [-0.3, -0.25) is 20.4 Å². The van der Waals surface area contributed by atoms with E-state index >= 15 is 0 Å². The van der Waals surface area contributed by atoms with Crippen molar-refractivity contribution >= 4 is 44.8 Å². The summed E-state index contributed by atoms with van der Waals surface area (Å²) in [4.78, 5) is 24.6. The van der Waals surface area contributed by atoms with Crippen molar-refractivity contribution in [2.75, 3.05) is 7.11 Å². The Hall–Kier alpha value is -2.57. The van der Waals surface area contributed by atoms with Crippen LogP contribution in [0.5, 0.6) is 5.75 Å². The number of nitrogens with one attached hydrogen (secondary N) is 2. The van der Waals surface area contributed by atoms with Crippen molar-refractivity contribution in [1.82, 2.24) is 10.9 Å². The monoisotopic (exact) mass is 360 g/mol. The molecule has 0 atom stereocenters. The Bertz CT molecular complexity index is 906. The Labute approximate surface area is 147 Å². The number of methoxy groups -OCH3 is 1. The summed E-state index contributed by atoms with van der Waals surface area (Å²) >= 11 is 7.51. The topological polar surface area (TPSA) is 67.4 Å². The summed E-state index contributed by atoms with van der Waals surface area (Å²) in [6.45, 7) is 0. The van der Waals surface area contributed by atoms with E-state index in [1.54, 1.807) is 31.4 Å². The lowest BCUT2D eigenvalue weighted by molar-refractivity contribution is 0.0849. The lowest BCUT2D eigenvalue weighted by Gasteiger charge is -2.07. The summed E-state index contributed by atoms with van der Waals surface area (Å²) in [5.74, 6) is -0.237. The SMILES string of the molecule is COc1ccc(C(=O)NNC(=O)c2sc3ccccc3c2Cl)cc1. The summed E-state index contributed by atoms with van der Waals surface area (Å²) in [6.07, 6.45) is 0. The zero-order valence-electron chi connectivity index (χ0n) is 12.6. The molecule has 0 saturated heterocycles.